The maximum Gasteiger partial charge on any atom is 0.0453 e. The Bertz CT molecular complexity index is 425. The molecule has 0 amide bonds. The van der Waals surface area contributed by atoms with E-state index in [-0.39, 0.29) is 0 Å². The second kappa shape index (κ2) is 7.44. The lowest BCUT2D eigenvalue weighted by Crippen LogP contribution is -2.40. The van der Waals surface area contributed by atoms with E-state index in [0.717, 1.165) is 31.0 Å². The molecule has 2 N–H and O–H groups in total. The molecular weight excluding hydrogens is 268 g/mol. The summed E-state index contributed by atoms with van der Waals surface area (Å²) in [5.41, 5.74) is 8.50. The summed E-state index contributed by atoms with van der Waals surface area (Å²) >= 11 is 6.39. The molecule has 1 saturated carbocycles. The van der Waals surface area contributed by atoms with Crippen molar-refractivity contribution in [3.63, 3.8) is 0 Å². The minimum absolute atomic E-state index is 0.415. The quantitative estimate of drug-likeness (QED) is 0.885. The Morgan fingerprint density at radius 2 is 1.95 bits per heavy atom. The molecule has 0 unspecified atom stereocenters. The van der Waals surface area contributed by atoms with Crippen molar-refractivity contribution in [2.24, 2.45) is 5.73 Å². The topological polar surface area (TPSA) is 29.3 Å². The van der Waals surface area contributed by atoms with Gasteiger partial charge in [-0.05, 0) is 62.8 Å². The molecule has 112 valence electrons. The molecule has 0 saturated heterocycles. The smallest absolute Gasteiger partial charge is 0.0453 e. The van der Waals surface area contributed by atoms with Gasteiger partial charge in [0.15, 0.2) is 0 Å². The summed E-state index contributed by atoms with van der Waals surface area (Å²) in [6.45, 7) is 6.44. The van der Waals surface area contributed by atoms with Crippen LogP contribution in [0.15, 0.2) is 18.2 Å². The van der Waals surface area contributed by atoms with Gasteiger partial charge in [-0.3, -0.25) is 4.90 Å². The van der Waals surface area contributed by atoms with E-state index in [4.69, 9.17) is 17.3 Å². The maximum absolute atomic E-state index is 6.39. The first-order valence-electron chi connectivity index (χ1n) is 7.84. The molecule has 1 aliphatic rings. The molecule has 0 aromatic heterocycles. The molecule has 0 radical (unpaired) electrons. The van der Waals surface area contributed by atoms with Crippen LogP contribution in [0.25, 0.3) is 0 Å². The summed E-state index contributed by atoms with van der Waals surface area (Å²) in [4.78, 5) is 2.60. The van der Waals surface area contributed by atoms with Crippen LogP contribution in [-0.2, 0) is 6.54 Å². The van der Waals surface area contributed by atoms with Crippen LogP contribution in [0.4, 0.5) is 0 Å². The second-order valence-electron chi connectivity index (χ2n) is 6.13. The van der Waals surface area contributed by atoms with E-state index in [1.54, 1.807) is 0 Å². The van der Waals surface area contributed by atoms with Gasteiger partial charge in [-0.15, -0.1) is 0 Å². The number of hydrogen-bond donors (Lipinski definition) is 1. The second-order valence-corrected chi connectivity index (χ2v) is 6.54. The highest BCUT2D eigenvalue weighted by Crippen LogP contribution is 2.26. The van der Waals surface area contributed by atoms with Gasteiger partial charge in [0, 0.05) is 23.7 Å². The first kappa shape index (κ1) is 15.8. The summed E-state index contributed by atoms with van der Waals surface area (Å²) in [5, 5.41) is 0.901. The van der Waals surface area contributed by atoms with Gasteiger partial charge in [0.25, 0.3) is 0 Å². The number of nitrogens with zero attached hydrogens (tertiary/aromatic N) is 1. The molecule has 1 fully saturated rings. The van der Waals surface area contributed by atoms with Crippen molar-refractivity contribution in [3.05, 3.63) is 34.3 Å². The monoisotopic (exact) mass is 294 g/mol. The number of halogens is 1. The molecule has 2 rings (SSSR count). The average Bonchev–Trinajstić information content (AvgIpc) is 2.42. The van der Waals surface area contributed by atoms with Crippen LogP contribution in [0.2, 0.25) is 5.02 Å². The highest BCUT2D eigenvalue weighted by Gasteiger charge is 2.24. The fourth-order valence-corrected chi connectivity index (χ4v) is 3.44. The average molecular weight is 295 g/mol. The van der Waals surface area contributed by atoms with Gasteiger partial charge >= 0.3 is 0 Å². The predicted molar refractivity (Wildman–Crippen MR) is 87.1 cm³/mol. The van der Waals surface area contributed by atoms with Crippen molar-refractivity contribution >= 4 is 11.6 Å². The molecule has 20 heavy (non-hydrogen) atoms. The first-order chi connectivity index (χ1) is 9.60. The SMILES string of the molecule is CCCN(Cc1ccc(C)cc1Cl)C1CCC(N)CC1. The van der Waals surface area contributed by atoms with Gasteiger partial charge in [0.05, 0.1) is 0 Å². The normalized spacial score (nSPS) is 23.2. The van der Waals surface area contributed by atoms with Crippen LogP contribution in [0.1, 0.15) is 50.2 Å². The Labute approximate surface area is 128 Å². The number of benzene rings is 1. The largest absolute Gasteiger partial charge is 0.328 e. The van der Waals surface area contributed by atoms with Gasteiger partial charge in [-0.1, -0.05) is 30.7 Å². The van der Waals surface area contributed by atoms with E-state index in [1.165, 1.54) is 30.4 Å². The Hall–Kier alpha value is -0.570. The fourth-order valence-electron chi connectivity index (χ4n) is 3.14. The molecule has 0 spiro atoms. The van der Waals surface area contributed by atoms with Gasteiger partial charge in [-0.2, -0.15) is 0 Å². The van der Waals surface area contributed by atoms with Crippen molar-refractivity contribution < 1.29 is 0 Å². The van der Waals surface area contributed by atoms with Crippen LogP contribution in [0.3, 0.4) is 0 Å². The molecule has 2 nitrogen and oxygen atoms in total. The Balaban J connectivity index is 2.04. The Kier molecular flexibility index (Phi) is 5.88. The van der Waals surface area contributed by atoms with E-state index in [0.29, 0.717) is 12.1 Å². The minimum atomic E-state index is 0.415. The first-order valence-corrected chi connectivity index (χ1v) is 8.22. The van der Waals surface area contributed by atoms with E-state index >= 15 is 0 Å². The lowest BCUT2D eigenvalue weighted by Gasteiger charge is -2.36. The van der Waals surface area contributed by atoms with Crippen LogP contribution in [-0.4, -0.2) is 23.5 Å². The third-order valence-corrected chi connectivity index (χ3v) is 4.70. The Morgan fingerprint density at radius 1 is 1.25 bits per heavy atom. The van der Waals surface area contributed by atoms with E-state index in [9.17, 15) is 0 Å². The van der Waals surface area contributed by atoms with Gasteiger partial charge < -0.3 is 5.73 Å². The highest BCUT2D eigenvalue weighted by molar-refractivity contribution is 6.31. The van der Waals surface area contributed by atoms with Crippen LogP contribution < -0.4 is 5.73 Å². The molecule has 0 heterocycles. The van der Waals surface area contributed by atoms with E-state index < -0.39 is 0 Å². The molecule has 3 heteroatoms. The van der Waals surface area contributed by atoms with E-state index in [1.807, 2.05) is 0 Å². The van der Waals surface area contributed by atoms with Crippen molar-refractivity contribution in [2.45, 2.75) is 64.6 Å². The highest BCUT2D eigenvalue weighted by atomic mass is 35.5. The third kappa shape index (κ3) is 4.21. The molecule has 1 aliphatic carbocycles. The van der Waals surface area contributed by atoms with Crippen molar-refractivity contribution in [3.8, 4) is 0 Å². The predicted octanol–water partition coefficient (Wildman–Crippen LogP) is 4.13. The van der Waals surface area contributed by atoms with Gasteiger partial charge in [-0.25, -0.2) is 0 Å². The number of hydrogen-bond acceptors (Lipinski definition) is 2. The van der Waals surface area contributed by atoms with Gasteiger partial charge in [0.1, 0.15) is 0 Å². The summed E-state index contributed by atoms with van der Waals surface area (Å²) < 4.78 is 0. The zero-order valence-corrected chi connectivity index (χ0v) is 13.5. The standard InChI is InChI=1S/C17H27ClN2/c1-3-10-20(16-8-6-15(19)7-9-16)12-14-5-4-13(2)11-17(14)18/h4-5,11,15-16H,3,6-10,12,19H2,1-2H3. The van der Waals surface area contributed by atoms with E-state index in [2.05, 4.69) is 36.9 Å². The summed E-state index contributed by atoms with van der Waals surface area (Å²) in [7, 11) is 0. The summed E-state index contributed by atoms with van der Waals surface area (Å²) in [5.74, 6) is 0. The zero-order valence-electron chi connectivity index (χ0n) is 12.7. The van der Waals surface area contributed by atoms with Crippen LogP contribution in [0, 0.1) is 6.92 Å². The fraction of sp³-hybridized carbons (Fsp3) is 0.647. The minimum Gasteiger partial charge on any atom is -0.328 e. The van der Waals surface area contributed by atoms with Crippen molar-refractivity contribution in [1.82, 2.24) is 4.90 Å². The molecular formula is C17H27ClN2. The zero-order chi connectivity index (χ0) is 14.5. The lowest BCUT2D eigenvalue weighted by molar-refractivity contribution is 0.142. The van der Waals surface area contributed by atoms with Crippen LogP contribution >= 0.6 is 11.6 Å². The summed E-state index contributed by atoms with van der Waals surface area (Å²) in [6.07, 6.45) is 5.96. The van der Waals surface area contributed by atoms with Crippen molar-refractivity contribution in [1.29, 1.82) is 0 Å². The number of aryl methyl sites for hydroxylation is 1. The van der Waals surface area contributed by atoms with Crippen molar-refractivity contribution in [2.75, 3.05) is 6.54 Å². The molecule has 0 atom stereocenters. The van der Waals surface area contributed by atoms with Gasteiger partial charge in [0.2, 0.25) is 0 Å². The molecule has 1 aromatic carbocycles. The Morgan fingerprint density at radius 3 is 2.55 bits per heavy atom. The third-order valence-electron chi connectivity index (χ3n) is 4.35. The number of rotatable bonds is 5. The molecule has 0 aliphatic heterocycles. The number of nitrogens with two attached hydrogens (primary N) is 1. The van der Waals surface area contributed by atoms with Crippen LogP contribution in [0.5, 0.6) is 0 Å². The molecule has 1 aromatic rings. The molecule has 0 bridgehead atoms. The summed E-state index contributed by atoms with van der Waals surface area (Å²) in [6, 6.07) is 7.49. The maximum atomic E-state index is 6.39. The lowest BCUT2D eigenvalue weighted by atomic mass is 9.90.